The van der Waals surface area contributed by atoms with Crippen LogP contribution in [0.5, 0.6) is 0 Å². The second kappa shape index (κ2) is 6.90. The molecule has 2 N–H and O–H groups in total. The molecule has 2 rings (SSSR count). The van der Waals surface area contributed by atoms with Gasteiger partial charge in [-0.1, -0.05) is 12.8 Å². The summed E-state index contributed by atoms with van der Waals surface area (Å²) in [5.41, 5.74) is 1.25. The third-order valence-corrected chi connectivity index (χ3v) is 3.85. The summed E-state index contributed by atoms with van der Waals surface area (Å²) < 4.78 is 1.93. The maximum absolute atomic E-state index is 4.19. The minimum absolute atomic E-state index is 0.551. The van der Waals surface area contributed by atoms with E-state index in [0.29, 0.717) is 12.1 Å². The molecule has 0 bridgehead atoms. The lowest BCUT2D eigenvalue weighted by molar-refractivity contribution is 0.399. The number of aryl methyl sites for hydroxylation is 1. The fraction of sp³-hybridized carbons (Fsp3) is 0.786. The van der Waals surface area contributed by atoms with Crippen LogP contribution in [-0.2, 0) is 13.6 Å². The molecule has 2 atom stereocenters. The molecule has 1 aromatic rings. The number of hydrogen-bond acceptors (Lipinski definition) is 3. The average Bonchev–Trinajstić information content (AvgIpc) is 2.61. The van der Waals surface area contributed by atoms with Gasteiger partial charge in [-0.2, -0.15) is 5.10 Å². The van der Waals surface area contributed by atoms with Crippen molar-refractivity contribution in [1.29, 1.82) is 0 Å². The van der Waals surface area contributed by atoms with Gasteiger partial charge in [0.2, 0.25) is 0 Å². The van der Waals surface area contributed by atoms with E-state index in [9.17, 15) is 0 Å². The van der Waals surface area contributed by atoms with Crippen molar-refractivity contribution in [1.82, 2.24) is 20.4 Å². The SMILES string of the molecule is CC(CC1CCCCCN1)NCc1ccnn1C. The van der Waals surface area contributed by atoms with E-state index in [1.165, 1.54) is 44.3 Å². The number of rotatable bonds is 5. The normalized spacial score (nSPS) is 22.7. The van der Waals surface area contributed by atoms with E-state index in [1.807, 2.05) is 17.9 Å². The van der Waals surface area contributed by atoms with Crippen LogP contribution in [0, 0.1) is 0 Å². The molecule has 0 radical (unpaired) electrons. The van der Waals surface area contributed by atoms with Crippen LogP contribution in [-0.4, -0.2) is 28.4 Å². The van der Waals surface area contributed by atoms with E-state index < -0.39 is 0 Å². The fourth-order valence-electron chi connectivity index (χ4n) is 2.67. The van der Waals surface area contributed by atoms with Crippen LogP contribution in [0.25, 0.3) is 0 Å². The second-order valence-corrected chi connectivity index (χ2v) is 5.46. The maximum Gasteiger partial charge on any atom is 0.0518 e. The summed E-state index contributed by atoms with van der Waals surface area (Å²) in [5, 5.41) is 11.4. The molecule has 4 heteroatoms. The van der Waals surface area contributed by atoms with Crippen LogP contribution < -0.4 is 10.6 Å². The van der Waals surface area contributed by atoms with Crippen LogP contribution in [0.3, 0.4) is 0 Å². The zero-order valence-electron chi connectivity index (χ0n) is 11.7. The minimum Gasteiger partial charge on any atom is -0.314 e. The van der Waals surface area contributed by atoms with Gasteiger partial charge in [0.15, 0.2) is 0 Å². The Kier molecular flexibility index (Phi) is 5.20. The highest BCUT2D eigenvalue weighted by Gasteiger charge is 2.14. The zero-order valence-corrected chi connectivity index (χ0v) is 11.7. The molecule has 0 aliphatic carbocycles. The minimum atomic E-state index is 0.551. The molecule has 1 aliphatic rings. The van der Waals surface area contributed by atoms with Gasteiger partial charge in [-0.15, -0.1) is 0 Å². The van der Waals surface area contributed by atoms with Crippen LogP contribution in [0.4, 0.5) is 0 Å². The van der Waals surface area contributed by atoms with Crippen LogP contribution in [0.15, 0.2) is 12.3 Å². The molecule has 2 unspecified atom stereocenters. The summed E-state index contributed by atoms with van der Waals surface area (Å²) in [6, 6.07) is 3.32. The summed E-state index contributed by atoms with van der Waals surface area (Å²) >= 11 is 0. The molecule has 4 nitrogen and oxygen atoms in total. The van der Waals surface area contributed by atoms with Crippen molar-refractivity contribution in [3.8, 4) is 0 Å². The Morgan fingerprint density at radius 1 is 1.50 bits per heavy atom. The Labute approximate surface area is 110 Å². The first-order valence-corrected chi connectivity index (χ1v) is 7.19. The first-order valence-electron chi connectivity index (χ1n) is 7.19. The molecule has 0 amide bonds. The van der Waals surface area contributed by atoms with Crippen molar-refractivity contribution in [3.63, 3.8) is 0 Å². The second-order valence-electron chi connectivity index (χ2n) is 5.46. The third kappa shape index (κ3) is 4.10. The van der Waals surface area contributed by atoms with E-state index >= 15 is 0 Å². The molecule has 0 spiro atoms. The molecular formula is C14H26N4. The number of nitrogens with one attached hydrogen (secondary N) is 2. The summed E-state index contributed by atoms with van der Waals surface area (Å²) in [4.78, 5) is 0. The van der Waals surface area contributed by atoms with Crippen LogP contribution in [0.2, 0.25) is 0 Å². The molecule has 2 heterocycles. The van der Waals surface area contributed by atoms with Gasteiger partial charge in [-0.05, 0) is 38.8 Å². The van der Waals surface area contributed by atoms with Crippen LogP contribution >= 0.6 is 0 Å². The lowest BCUT2D eigenvalue weighted by Crippen LogP contribution is -2.36. The molecule has 1 aromatic heterocycles. The quantitative estimate of drug-likeness (QED) is 0.837. The average molecular weight is 250 g/mol. The standard InChI is InChI=1S/C14H26N4/c1-12(10-13-6-4-3-5-8-15-13)16-11-14-7-9-17-18(14)2/h7,9,12-13,15-16H,3-6,8,10-11H2,1-2H3. The largest absolute Gasteiger partial charge is 0.314 e. The molecule has 1 saturated heterocycles. The Morgan fingerprint density at radius 2 is 2.39 bits per heavy atom. The Bertz CT molecular complexity index is 339. The molecule has 0 saturated carbocycles. The van der Waals surface area contributed by atoms with E-state index in [0.717, 1.165) is 6.54 Å². The summed E-state index contributed by atoms with van der Waals surface area (Å²) in [6.07, 6.45) is 8.52. The number of hydrogen-bond donors (Lipinski definition) is 2. The topological polar surface area (TPSA) is 41.9 Å². The monoisotopic (exact) mass is 250 g/mol. The highest BCUT2D eigenvalue weighted by Crippen LogP contribution is 2.12. The van der Waals surface area contributed by atoms with E-state index in [2.05, 4.69) is 28.7 Å². The van der Waals surface area contributed by atoms with Gasteiger partial charge in [0.05, 0.1) is 5.69 Å². The first-order chi connectivity index (χ1) is 8.75. The van der Waals surface area contributed by atoms with Crippen molar-refractivity contribution in [2.45, 2.75) is 57.7 Å². The number of aromatic nitrogens is 2. The molecular weight excluding hydrogens is 224 g/mol. The van der Waals surface area contributed by atoms with E-state index in [1.54, 1.807) is 0 Å². The van der Waals surface area contributed by atoms with Crippen molar-refractivity contribution in [3.05, 3.63) is 18.0 Å². The van der Waals surface area contributed by atoms with Gasteiger partial charge in [-0.25, -0.2) is 0 Å². The lowest BCUT2D eigenvalue weighted by Gasteiger charge is -2.21. The van der Waals surface area contributed by atoms with Gasteiger partial charge in [0, 0.05) is 31.9 Å². The third-order valence-electron chi connectivity index (χ3n) is 3.85. The summed E-state index contributed by atoms with van der Waals surface area (Å²) in [5.74, 6) is 0. The Morgan fingerprint density at radius 3 is 3.17 bits per heavy atom. The molecule has 102 valence electrons. The zero-order chi connectivity index (χ0) is 12.8. The fourth-order valence-corrected chi connectivity index (χ4v) is 2.67. The van der Waals surface area contributed by atoms with Crippen LogP contribution in [0.1, 0.15) is 44.7 Å². The van der Waals surface area contributed by atoms with Gasteiger partial charge in [0.25, 0.3) is 0 Å². The summed E-state index contributed by atoms with van der Waals surface area (Å²) in [7, 11) is 1.99. The number of nitrogens with zero attached hydrogens (tertiary/aromatic N) is 2. The smallest absolute Gasteiger partial charge is 0.0518 e. The van der Waals surface area contributed by atoms with Gasteiger partial charge >= 0.3 is 0 Å². The Hall–Kier alpha value is -0.870. The molecule has 1 fully saturated rings. The van der Waals surface area contributed by atoms with E-state index in [4.69, 9.17) is 0 Å². The molecule has 0 aromatic carbocycles. The summed E-state index contributed by atoms with van der Waals surface area (Å²) in [6.45, 7) is 4.38. The predicted octanol–water partition coefficient (Wildman–Crippen LogP) is 1.82. The lowest BCUT2D eigenvalue weighted by atomic mass is 10.0. The maximum atomic E-state index is 4.19. The predicted molar refractivity (Wildman–Crippen MR) is 74.4 cm³/mol. The van der Waals surface area contributed by atoms with Gasteiger partial charge in [-0.3, -0.25) is 4.68 Å². The van der Waals surface area contributed by atoms with Crippen molar-refractivity contribution < 1.29 is 0 Å². The van der Waals surface area contributed by atoms with Crippen molar-refractivity contribution >= 4 is 0 Å². The van der Waals surface area contributed by atoms with E-state index in [-0.39, 0.29) is 0 Å². The Balaban J connectivity index is 1.71. The highest BCUT2D eigenvalue weighted by atomic mass is 15.3. The highest BCUT2D eigenvalue weighted by molar-refractivity contribution is 4.99. The first kappa shape index (κ1) is 13.6. The van der Waals surface area contributed by atoms with Gasteiger partial charge < -0.3 is 10.6 Å². The van der Waals surface area contributed by atoms with Crippen molar-refractivity contribution in [2.24, 2.45) is 7.05 Å². The molecule has 1 aliphatic heterocycles. The van der Waals surface area contributed by atoms with Gasteiger partial charge in [0.1, 0.15) is 0 Å². The molecule has 18 heavy (non-hydrogen) atoms. The van der Waals surface area contributed by atoms with Crippen molar-refractivity contribution in [2.75, 3.05) is 6.54 Å².